The lowest BCUT2D eigenvalue weighted by atomic mass is 9.75. The molecule has 2 heterocycles. The molecule has 2 atom stereocenters. The van der Waals surface area contributed by atoms with Crippen LogP contribution >= 0.6 is 0 Å². The van der Waals surface area contributed by atoms with Crippen LogP contribution in [0.2, 0.25) is 0 Å². The molecule has 3 heteroatoms. The molecule has 160 valence electrons. The normalized spacial score (nSPS) is 27.3. The van der Waals surface area contributed by atoms with E-state index in [0.29, 0.717) is 16.5 Å². The van der Waals surface area contributed by atoms with E-state index in [1.807, 2.05) is 0 Å². The van der Waals surface area contributed by atoms with Gasteiger partial charge in [-0.1, -0.05) is 20.8 Å². The standard InChI is InChI=1S/C24H49N3/c1-22(2,3)20-12-10-16-26(18-20)23(4,5)14-15-24(6,7)27-17-11-13-21(19-27)25(8)9/h20-21H,10-19H2,1-9H3/t20-,21?/m1/s1. The van der Waals surface area contributed by atoms with E-state index in [4.69, 9.17) is 0 Å². The zero-order chi connectivity index (χ0) is 20.5. The summed E-state index contributed by atoms with van der Waals surface area (Å²) in [6, 6.07) is 0.723. The summed E-state index contributed by atoms with van der Waals surface area (Å²) in [6.07, 6.45) is 8.05. The van der Waals surface area contributed by atoms with Crippen molar-refractivity contribution in [2.45, 2.75) is 104 Å². The van der Waals surface area contributed by atoms with Gasteiger partial charge in [0.05, 0.1) is 0 Å². The summed E-state index contributed by atoms with van der Waals surface area (Å²) < 4.78 is 0. The third-order valence-electron chi connectivity index (χ3n) is 7.83. The topological polar surface area (TPSA) is 9.72 Å². The molecular weight excluding hydrogens is 330 g/mol. The largest absolute Gasteiger partial charge is 0.305 e. The average Bonchev–Trinajstić information content (AvgIpc) is 2.60. The summed E-state index contributed by atoms with van der Waals surface area (Å²) in [5, 5.41) is 0. The molecule has 0 aromatic heterocycles. The van der Waals surface area contributed by atoms with E-state index in [1.165, 1.54) is 64.7 Å². The van der Waals surface area contributed by atoms with Gasteiger partial charge in [0, 0.05) is 30.2 Å². The van der Waals surface area contributed by atoms with Crippen molar-refractivity contribution in [2.75, 3.05) is 40.3 Å². The van der Waals surface area contributed by atoms with Crippen molar-refractivity contribution in [3.63, 3.8) is 0 Å². The van der Waals surface area contributed by atoms with E-state index >= 15 is 0 Å². The molecule has 1 unspecified atom stereocenters. The van der Waals surface area contributed by atoms with Crippen molar-refractivity contribution in [1.82, 2.24) is 14.7 Å². The maximum absolute atomic E-state index is 2.81. The lowest BCUT2D eigenvalue weighted by molar-refractivity contribution is 0.00465. The molecule has 0 saturated carbocycles. The molecule has 0 aromatic rings. The van der Waals surface area contributed by atoms with Crippen LogP contribution < -0.4 is 0 Å². The maximum atomic E-state index is 2.81. The molecule has 3 nitrogen and oxygen atoms in total. The molecule has 0 amide bonds. The summed E-state index contributed by atoms with van der Waals surface area (Å²) in [7, 11) is 4.48. The van der Waals surface area contributed by atoms with Gasteiger partial charge in [-0.15, -0.1) is 0 Å². The molecule has 2 fully saturated rings. The molecule has 0 N–H and O–H groups in total. The van der Waals surface area contributed by atoms with E-state index in [9.17, 15) is 0 Å². The van der Waals surface area contributed by atoms with Crippen molar-refractivity contribution in [3.8, 4) is 0 Å². The van der Waals surface area contributed by atoms with Crippen molar-refractivity contribution in [2.24, 2.45) is 11.3 Å². The van der Waals surface area contributed by atoms with Gasteiger partial charge in [0.1, 0.15) is 0 Å². The Bertz CT molecular complexity index is 461. The van der Waals surface area contributed by atoms with Gasteiger partial charge in [0.25, 0.3) is 0 Å². The van der Waals surface area contributed by atoms with Gasteiger partial charge in [-0.05, 0) is 105 Å². The van der Waals surface area contributed by atoms with Gasteiger partial charge in [-0.3, -0.25) is 9.80 Å². The monoisotopic (exact) mass is 379 g/mol. The Kier molecular flexibility index (Phi) is 7.47. The Hall–Kier alpha value is -0.120. The van der Waals surface area contributed by atoms with E-state index in [2.05, 4.69) is 77.3 Å². The number of nitrogens with zero attached hydrogens (tertiary/aromatic N) is 3. The van der Waals surface area contributed by atoms with Crippen LogP contribution in [0.4, 0.5) is 0 Å². The van der Waals surface area contributed by atoms with E-state index < -0.39 is 0 Å². The molecule has 0 radical (unpaired) electrons. The second-order valence-electron chi connectivity index (χ2n) is 12.0. The van der Waals surface area contributed by atoms with Crippen LogP contribution in [0.1, 0.15) is 87.0 Å². The SMILES string of the molecule is CN(C)C1CCCN(C(C)(C)CCC(C)(C)N2CCC[C@@H](C(C)(C)C)C2)C1. The Balaban J connectivity index is 1.94. The summed E-state index contributed by atoms with van der Waals surface area (Å²) in [4.78, 5) is 8.00. The number of hydrogen-bond acceptors (Lipinski definition) is 3. The summed E-state index contributed by atoms with van der Waals surface area (Å²) in [5.41, 5.74) is 1.03. The zero-order valence-corrected chi connectivity index (χ0v) is 20.1. The number of hydrogen-bond donors (Lipinski definition) is 0. The molecule has 2 rings (SSSR count). The Morgan fingerprint density at radius 1 is 0.741 bits per heavy atom. The van der Waals surface area contributed by atoms with Crippen molar-refractivity contribution < 1.29 is 0 Å². The molecular formula is C24H49N3. The molecule has 0 bridgehead atoms. The third-order valence-corrected chi connectivity index (χ3v) is 7.83. The van der Waals surface area contributed by atoms with Crippen LogP contribution in [0.5, 0.6) is 0 Å². The van der Waals surface area contributed by atoms with E-state index in [1.54, 1.807) is 0 Å². The predicted molar refractivity (Wildman–Crippen MR) is 119 cm³/mol. The van der Waals surface area contributed by atoms with Gasteiger partial charge in [-0.25, -0.2) is 0 Å². The van der Waals surface area contributed by atoms with Crippen LogP contribution in [0, 0.1) is 11.3 Å². The van der Waals surface area contributed by atoms with Crippen molar-refractivity contribution in [1.29, 1.82) is 0 Å². The highest BCUT2D eigenvalue weighted by atomic mass is 15.2. The number of piperidine rings is 2. The molecule has 0 aromatic carbocycles. The fraction of sp³-hybridized carbons (Fsp3) is 1.00. The fourth-order valence-corrected chi connectivity index (χ4v) is 5.09. The maximum Gasteiger partial charge on any atom is 0.0217 e. The van der Waals surface area contributed by atoms with Crippen molar-refractivity contribution >= 4 is 0 Å². The fourth-order valence-electron chi connectivity index (χ4n) is 5.09. The molecule has 0 spiro atoms. The number of likely N-dealkylation sites (tertiary alicyclic amines) is 2. The summed E-state index contributed by atoms with van der Waals surface area (Å²) in [5.74, 6) is 0.835. The molecule has 2 aliphatic heterocycles. The predicted octanol–water partition coefficient (Wildman–Crippen LogP) is 5.11. The zero-order valence-electron chi connectivity index (χ0n) is 20.1. The quantitative estimate of drug-likeness (QED) is 0.635. The second-order valence-corrected chi connectivity index (χ2v) is 12.0. The van der Waals surface area contributed by atoms with Crippen LogP contribution in [-0.2, 0) is 0 Å². The lowest BCUT2D eigenvalue weighted by Gasteiger charge is -2.49. The minimum Gasteiger partial charge on any atom is -0.305 e. The number of rotatable bonds is 6. The molecule has 2 saturated heterocycles. The highest BCUT2D eigenvalue weighted by Gasteiger charge is 2.38. The molecule has 27 heavy (non-hydrogen) atoms. The van der Waals surface area contributed by atoms with Crippen LogP contribution in [-0.4, -0.2) is 72.1 Å². The molecule has 0 aliphatic carbocycles. The Morgan fingerprint density at radius 3 is 1.70 bits per heavy atom. The van der Waals surface area contributed by atoms with Crippen LogP contribution in [0.15, 0.2) is 0 Å². The third kappa shape index (κ3) is 6.18. The number of likely N-dealkylation sites (N-methyl/N-ethyl adjacent to an activating group) is 1. The Labute approximate surface area is 170 Å². The first-order valence-corrected chi connectivity index (χ1v) is 11.5. The first-order chi connectivity index (χ1) is 12.3. The minimum absolute atomic E-state index is 0.297. The minimum atomic E-state index is 0.297. The lowest BCUT2D eigenvalue weighted by Crippen LogP contribution is -2.55. The van der Waals surface area contributed by atoms with Gasteiger partial charge >= 0.3 is 0 Å². The highest BCUT2D eigenvalue weighted by Crippen LogP contribution is 2.37. The van der Waals surface area contributed by atoms with Crippen LogP contribution in [0.25, 0.3) is 0 Å². The summed E-state index contributed by atoms with van der Waals surface area (Å²) >= 11 is 0. The van der Waals surface area contributed by atoms with Crippen molar-refractivity contribution in [3.05, 3.63) is 0 Å². The highest BCUT2D eigenvalue weighted by molar-refractivity contribution is 4.94. The van der Waals surface area contributed by atoms with E-state index in [-0.39, 0.29) is 0 Å². The van der Waals surface area contributed by atoms with Gasteiger partial charge in [-0.2, -0.15) is 0 Å². The van der Waals surface area contributed by atoms with E-state index in [0.717, 1.165) is 12.0 Å². The second kappa shape index (κ2) is 8.71. The first-order valence-electron chi connectivity index (χ1n) is 11.5. The Morgan fingerprint density at radius 2 is 1.22 bits per heavy atom. The summed E-state index contributed by atoms with van der Waals surface area (Å²) in [6.45, 7) is 22.3. The van der Waals surface area contributed by atoms with Crippen LogP contribution in [0.3, 0.4) is 0 Å². The van der Waals surface area contributed by atoms with Gasteiger partial charge < -0.3 is 4.90 Å². The average molecular weight is 380 g/mol. The smallest absolute Gasteiger partial charge is 0.0217 e. The van der Waals surface area contributed by atoms with Gasteiger partial charge in [0.15, 0.2) is 0 Å². The first kappa shape index (κ1) is 23.2. The molecule has 2 aliphatic rings. The van der Waals surface area contributed by atoms with Gasteiger partial charge in [0.2, 0.25) is 0 Å².